The van der Waals surface area contributed by atoms with Gasteiger partial charge in [0.2, 0.25) is 0 Å². The number of benzene rings is 3. The highest BCUT2D eigenvalue weighted by molar-refractivity contribution is 5.98. The predicted octanol–water partition coefficient (Wildman–Crippen LogP) is 4.46. The zero-order chi connectivity index (χ0) is 21.8. The number of hydrogen-bond donors (Lipinski definition) is 1. The van der Waals surface area contributed by atoms with Gasteiger partial charge < -0.3 is 15.1 Å². The van der Waals surface area contributed by atoms with Crippen molar-refractivity contribution in [3.8, 4) is 0 Å². The molecule has 1 aliphatic carbocycles. The summed E-state index contributed by atoms with van der Waals surface area (Å²) in [5, 5.41) is 4.77. The van der Waals surface area contributed by atoms with Crippen molar-refractivity contribution in [3.63, 3.8) is 0 Å². The van der Waals surface area contributed by atoms with E-state index in [1.54, 1.807) is 6.07 Å². The quantitative estimate of drug-likeness (QED) is 0.666. The van der Waals surface area contributed by atoms with Crippen molar-refractivity contribution in [2.45, 2.75) is 31.3 Å². The van der Waals surface area contributed by atoms with Gasteiger partial charge in [0.05, 0.1) is 5.54 Å². The second-order valence-electron chi connectivity index (χ2n) is 9.20. The maximum atomic E-state index is 14.3. The van der Waals surface area contributed by atoms with Crippen LogP contribution in [0, 0.1) is 12.7 Å². The van der Waals surface area contributed by atoms with Gasteiger partial charge in [0, 0.05) is 35.8 Å². The van der Waals surface area contributed by atoms with Gasteiger partial charge in [0.1, 0.15) is 5.82 Å². The first-order chi connectivity index (χ1) is 14.9. The van der Waals surface area contributed by atoms with Crippen LogP contribution in [0.15, 0.2) is 54.6 Å². The van der Waals surface area contributed by atoms with Crippen LogP contribution in [0.25, 0.3) is 10.8 Å². The smallest absolute Gasteiger partial charge is 0.252 e. The first-order valence-corrected chi connectivity index (χ1v) is 10.9. The number of halogens is 1. The summed E-state index contributed by atoms with van der Waals surface area (Å²) in [7, 11) is 4.20. The molecule has 3 aromatic carbocycles. The van der Waals surface area contributed by atoms with E-state index in [1.807, 2.05) is 43.3 Å². The van der Waals surface area contributed by atoms with Crippen molar-refractivity contribution in [2.24, 2.45) is 0 Å². The molecule has 0 spiro atoms. The SMILES string of the molecule is Cc1ccc(N2CC(N(C)C)C2)cc1C(=O)NC1(c2ccc(F)c3ccccc23)CC1. The summed E-state index contributed by atoms with van der Waals surface area (Å²) >= 11 is 0. The van der Waals surface area contributed by atoms with E-state index in [1.165, 1.54) is 6.07 Å². The summed E-state index contributed by atoms with van der Waals surface area (Å²) in [4.78, 5) is 17.9. The van der Waals surface area contributed by atoms with Crippen molar-refractivity contribution >= 4 is 22.4 Å². The standard InChI is InChI=1S/C26H28FN3O/c1-17-8-9-18(30-15-19(16-30)29(2)3)14-22(17)25(31)28-26(12-13-26)23-10-11-24(27)21-7-5-4-6-20(21)23/h4-11,14,19H,12-13,15-16H2,1-3H3,(H,28,31). The van der Waals surface area contributed by atoms with Crippen LogP contribution in [0.1, 0.15) is 34.3 Å². The molecule has 31 heavy (non-hydrogen) atoms. The molecule has 1 saturated carbocycles. The van der Waals surface area contributed by atoms with E-state index in [9.17, 15) is 9.18 Å². The Bertz CT molecular complexity index is 1160. The second kappa shape index (κ2) is 7.34. The fraction of sp³-hybridized carbons (Fsp3) is 0.346. The van der Waals surface area contributed by atoms with Crippen LogP contribution in [0.5, 0.6) is 0 Å². The Labute approximate surface area is 182 Å². The normalized spacial score (nSPS) is 17.6. The maximum Gasteiger partial charge on any atom is 0.252 e. The van der Waals surface area contributed by atoms with Crippen molar-refractivity contribution < 1.29 is 9.18 Å². The third-order valence-corrected chi connectivity index (χ3v) is 6.91. The van der Waals surface area contributed by atoms with Crippen molar-refractivity contribution in [3.05, 3.63) is 77.1 Å². The lowest BCUT2D eigenvalue weighted by Gasteiger charge is -2.44. The number of fused-ring (bicyclic) bond motifs is 1. The van der Waals surface area contributed by atoms with E-state index in [0.29, 0.717) is 17.0 Å². The first kappa shape index (κ1) is 20.0. The first-order valence-electron chi connectivity index (χ1n) is 10.9. The maximum absolute atomic E-state index is 14.3. The number of aryl methyl sites for hydroxylation is 1. The van der Waals surface area contributed by atoms with Crippen LogP contribution in [0.2, 0.25) is 0 Å². The van der Waals surface area contributed by atoms with Crippen LogP contribution >= 0.6 is 0 Å². The lowest BCUT2D eigenvalue weighted by molar-refractivity contribution is 0.0930. The van der Waals surface area contributed by atoms with Gasteiger partial charge >= 0.3 is 0 Å². The molecule has 1 aliphatic heterocycles. The van der Waals surface area contributed by atoms with Crippen molar-refractivity contribution in [1.82, 2.24) is 10.2 Å². The molecule has 3 aromatic rings. The number of carbonyl (C=O) groups is 1. The largest absolute Gasteiger partial charge is 0.368 e. The molecule has 0 atom stereocenters. The molecule has 4 nitrogen and oxygen atoms in total. The molecular formula is C26H28FN3O. The van der Waals surface area contributed by atoms with Gasteiger partial charge in [-0.15, -0.1) is 0 Å². The molecule has 1 amide bonds. The highest BCUT2D eigenvalue weighted by Gasteiger charge is 2.47. The van der Waals surface area contributed by atoms with Gasteiger partial charge in [-0.2, -0.15) is 0 Å². The number of anilines is 1. The molecule has 160 valence electrons. The predicted molar refractivity (Wildman–Crippen MR) is 123 cm³/mol. The van der Waals surface area contributed by atoms with Crippen LogP contribution < -0.4 is 10.2 Å². The number of amides is 1. The fourth-order valence-electron chi connectivity index (χ4n) is 4.59. The van der Waals surface area contributed by atoms with E-state index in [0.717, 1.165) is 48.1 Å². The summed E-state index contributed by atoms with van der Waals surface area (Å²) in [5.41, 5.74) is 3.35. The van der Waals surface area contributed by atoms with E-state index in [2.05, 4.69) is 35.3 Å². The molecule has 2 fully saturated rings. The highest BCUT2D eigenvalue weighted by atomic mass is 19.1. The van der Waals surface area contributed by atoms with Crippen LogP contribution in [-0.2, 0) is 5.54 Å². The number of nitrogens with zero attached hydrogens (tertiary/aromatic N) is 2. The summed E-state index contributed by atoms with van der Waals surface area (Å²) in [5.74, 6) is -0.287. The Balaban J connectivity index is 1.41. The Morgan fingerprint density at radius 1 is 1.06 bits per heavy atom. The summed E-state index contributed by atoms with van der Waals surface area (Å²) in [6, 6.07) is 17.5. The topological polar surface area (TPSA) is 35.6 Å². The van der Waals surface area contributed by atoms with Gasteiger partial charge in [0.15, 0.2) is 0 Å². The monoisotopic (exact) mass is 417 g/mol. The van der Waals surface area contributed by atoms with E-state index < -0.39 is 5.54 Å². The number of nitrogens with one attached hydrogen (secondary N) is 1. The third kappa shape index (κ3) is 3.47. The Hall–Kier alpha value is -2.92. The lowest BCUT2D eigenvalue weighted by Crippen LogP contribution is -2.57. The molecule has 0 radical (unpaired) electrons. The molecule has 1 heterocycles. The average molecular weight is 418 g/mol. The molecule has 0 unspecified atom stereocenters. The summed E-state index contributed by atoms with van der Waals surface area (Å²) < 4.78 is 14.3. The zero-order valence-electron chi connectivity index (χ0n) is 18.3. The molecule has 0 aromatic heterocycles. The molecule has 0 bridgehead atoms. The van der Waals surface area contributed by atoms with Gasteiger partial charge in [0.25, 0.3) is 5.91 Å². The van der Waals surface area contributed by atoms with E-state index in [4.69, 9.17) is 0 Å². The molecule has 5 heteroatoms. The fourth-order valence-corrected chi connectivity index (χ4v) is 4.59. The minimum Gasteiger partial charge on any atom is -0.368 e. The number of hydrogen-bond acceptors (Lipinski definition) is 3. The number of rotatable bonds is 5. The lowest BCUT2D eigenvalue weighted by atomic mass is 9.95. The number of likely N-dealkylation sites (N-methyl/N-ethyl adjacent to an activating group) is 1. The molecular weight excluding hydrogens is 389 g/mol. The molecule has 1 saturated heterocycles. The van der Waals surface area contributed by atoms with E-state index in [-0.39, 0.29) is 11.7 Å². The summed E-state index contributed by atoms with van der Waals surface area (Å²) in [6.45, 7) is 3.93. The molecule has 2 aliphatic rings. The highest BCUT2D eigenvalue weighted by Crippen LogP contribution is 2.48. The van der Waals surface area contributed by atoms with Gasteiger partial charge in [-0.1, -0.05) is 36.4 Å². The minimum atomic E-state index is -0.417. The minimum absolute atomic E-state index is 0.0602. The molecule has 5 rings (SSSR count). The van der Waals surface area contributed by atoms with Gasteiger partial charge in [-0.05, 0) is 68.6 Å². The van der Waals surface area contributed by atoms with E-state index >= 15 is 0 Å². The zero-order valence-corrected chi connectivity index (χ0v) is 18.3. The van der Waals surface area contributed by atoms with Gasteiger partial charge in [-0.25, -0.2) is 4.39 Å². The Morgan fingerprint density at radius 3 is 2.45 bits per heavy atom. The van der Waals surface area contributed by atoms with Gasteiger partial charge in [-0.3, -0.25) is 4.79 Å². The Kier molecular flexibility index (Phi) is 4.74. The van der Waals surface area contributed by atoms with Crippen LogP contribution in [-0.4, -0.2) is 44.0 Å². The number of carbonyl (C=O) groups excluding carboxylic acids is 1. The second-order valence-corrected chi connectivity index (χ2v) is 9.20. The van der Waals surface area contributed by atoms with Crippen molar-refractivity contribution in [2.75, 3.05) is 32.1 Å². The molecule has 1 N–H and O–H groups in total. The van der Waals surface area contributed by atoms with Crippen LogP contribution in [0.3, 0.4) is 0 Å². The Morgan fingerprint density at radius 2 is 1.77 bits per heavy atom. The third-order valence-electron chi connectivity index (χ3n) is 6.91. The van der Waals surface area contributed by atoms with Crippen molar-refractivity contribution in [1.29, 1.82) is 0 Å². The summed E-state index contributed by atoms with van der Waals surface area (Å²) in [6.07, 6.45) is 1.73. The van der Waals surface area contributed by atoms with Crippen LogP contribution in [0.4, 0.5) is 10.1 Å². The average Bonchev–Trinajstić information content (AvgIpc) is 3.48.